The largest absolute Gasteiger partial charge is 0.465 e. The molecule has 0 unspecified atom stereocenters. The number of thiophene rings is 1. The van der Waals surface area contributed by atoms with Crippen molar-refractivity contribution in [2.45, 2.75) is 11.8 Å². The van der Waals surface area contributed by atoms with Gasteiger partial charge in [-0.3, -0.25) is 0 Å². The molecule has 0 aliphatic heterocycles. The Labute approximate surface area is 127 Å². The number of nitrogens with one attached hydrogen (secondary N) is 1. The van der Waals surface area contributed by atoms with Gasteiger partial charge in [0.1, 0.15) is 9.88 Å². The second-order valence-corrected chi connectivity index (χ2v) is 8.17. The standard InChI is InChI=1S/C11H18N2O4S3/c1-4-20(15,16)6-5-13-10-8(18-3)7(12)9(19-10)11(14)17-2/h13H,4-6,12H2,1-3H3. The molecule has 114 valence electrons. The zero-order valence-corrected chi connectivity index (χ0v) is 14.0. The number of nitrogen functional groups attached to an aromatic ring is 1. The number of methoxy groups -OCH3 is 1. The van der Waals surface area contributed by atoms with Gasteiger partial charge in [0.15, 0.2) is 9.84 Å². The van der Waals surface area contributed by atoms with E-state index < -0.39 is 15.8 Å². The average molecular weight is 338 g/mol. The number of rotatable bonds is 7. The van der Waals surface area contributed by atoms with Gasteiger partial charge in [0.05, 0.1) is 23.4 Å². The van der Waals surface area contributed by atoms with Gasteiger partial charge in [-0.15, -0.1) is 23.1 Å². The van der Waals surface area contributed by atoms with Crippen molar-refractivity contribution in [3.63, 3.8) is 0 Å². The first-order valence-corrected chi connectivity index (χ1v) is 9.71. The molecule has 0 spiro atoms. The van der Waals surface area contributed by atoms with Crippen LogP contribution in [0.15, 0.2) is 4.90 Å². The summed E-state index contributed by atoms with van der Waals surface area (Å²) in [5.74, 6) is -0.329. The molecule has 0 saturated heterocycles. The minimum atomic E-state index is -3.02. The number of nitrogens with two attached hydrogens (primary N) is 1. The van der Waals surface area contributed by atoms with E-state index in [2.05, 4.69) is 10.1 Å². The number of carbonyl (C=O) groups excluding carboxylic acids is 1. The summed E-state index contributed by atoms with van der Waals surface area (Å²) in [5.41, 5.74) is 6.28. The number of esters is 1. The monoisotopic (exact) mass is 338 g/mol. The van der Waals surface area contributed by atoms with Crippen molar-refractivity contribution in [1.29, 1.82) is 0 Å². The molecule has 1 heterocycles. The molecule has 0 atom stereocenters. The summed E-state index contributed by atoms with van der Waals surface area (Å²) in [5, 5.41) is 3.72. The van der Waals surface area contributed by atoms with Gasteiger partial charge < -0.3 is 15.8 Å². The molecule has 9 heteroatoms. The van der Waals surface area contributed by atoms with Crippen molar-refractivity contribution in [3.05, 3.63) is 4.88 Å². The lowest BCUT2D eigenvalue weighted by atomic mass is 10.4. The predicted octanol–water partition coefficient (Wildman–Crippen LogP) is 1.69. The van der Waals surface area contributed by atoms with E-state index in [9.17, 15) is 13.2 Å². The van der Waals surface area contributed by atoms with Crippen LogP contribution in [0.3, 0.4) is 0 Å². The summed E-state index contributed by atoms with van der Waals surface area (Å²) >= 11 is 2.58. The Morgan fingerprint density at radius 1 is 1.50 bits per heavy atom. The Hall–Kier alpha value is -0.930. The van der Waals surface area contributed by atoms with E-state index in [-0.39, 0.29) is 18.1 Å². The lowest BCUT2D eigenvalue weighted by molar-refractivity contribution is 0.0607. The zero-order chi connectivity index (χ0) is 15.3. The van der Waals surface area contributed by atoms with E-state index in [0.717, 1.165) is 4.90 Å². The van der Waals surface area contributed by atoms with Crippen molar-refractivity contribution in [3.8, 4) is 0 Å². The molecule has 1 aromatic rings. The van der Waals surface area contributed by atoms with Gasteiger partial charge in [-0.1, -0.05) is 6.92 Å². The number of hydrogen-bond acceptors (Lipinski definition) is 8. The number of hydrogen-bond donors (Lipinski definition) is 2. The van der Waals surface area contributed by atoms with Gasteiger partial charge in [0.25, 0.3) is 0 Å². The molecule has 1 aromatic heterocycles. The second kappa shape index (κ2) is 7.19. The number of carbonyl (C=O) groups is 1. The van der Waals surface area contributed by atoms with E-state index >= 15 is 0 Å². The van der Waals surface area contributed by atoms with E-state index in [1.165, 1.54) is 30.2 Å². The SMILES string of the molecule is CCS(=O)(=O)CCNc1sc(C(=O)OC)c(N)c1SC. The predicted molar refractivity (Wildman–Crippen MR) is 84.7 cm³/mol. The third kappa shape index (κ3) is 4.03. The van der Waals surface area contributed by atoms with Gasteiger partial charge in [-0.25, -0.2) is 13.2 Å². The number of ether oxygens (including phenoxy) is 1. The van der Waals surface area contributed by atoms with Crippen LogP contribution in [-0.2, 0) is 14.6 Å². The van der Waals surface area contributed by atoms with Gasteiger partial charge in [0.2, 0.25) is 0 Å². The Morgan fingerprint density at radius 3 is 2.65 bits per heavy atom. The average Bonchev–Trinajstić information content (AvgIpc) is 2.74. The van der Waals surface area contributed by atoms with E-state index in [1.807, 2.05) is 6.26 Å². The molecule has 0 radical (unpaired) electrons. The van der Waals surface area contributed by atoms with Crippen LogP contribution < -0.4 is 11.1 Å². The third-order valence-corrected chi connectivity index (χ3v) is 6.42. The fraction of sp³-hybridized carbons (Fsp3) is 0.545. The van der Waals surface area contributed by atoms with Crippen LogP contribution >= 0.6 is 23.1 Å². The van der Waals surface area contributed by atoms with Crippen LogP contribution in [0.1, 0.15) is 16.6 Å². The summed E-state index contributed by atoms with van der Waals surface area (Å²) in [6.07, 6.45) is 1.84. The Bertz CT molecular complexity index is 581. The molecule has 0 aliphatic carbocycles. The maximum atomic E-state index is 11.6. The highest BCUT2D eigenvalue weighted by Crippen LogP contribution is 2.41. The summed E-state index contributed by atoms with van der Waals surface area (Å²) in [7, 11) is -1.73. The molecule has 0 aliphatic rings. The fourth-order valence-electron chi connectivity index (χ4n) is 1.46. The highest BCUT2D eigenvalue weighted by atomic mass is 32.2. The summed E-state index contributed by atoms with van der Waals surface area (Å²) in [4.78, 5) is 12.6. The van der Waals surface area contributed by atoms with Crippen LogP contribution in [0.4, 0.5) is 10.7 Å². The number of sulfone groups is 1. The minimum Gasteiger partial charge on any atom is -0.465 e. The van der Waals surface area contributed by atoms with Gasteiger partial charge >= 0.3 is 5.97 Å². The maximum Gasteiger partial charge on any atom is 0.350 e. The van der Waals surface area contributed by atoms with Gasteiger partial charge in [-0.05, 0) is 6.26 Å². The molecular formula is C11H18N2O4S3. The Balaban J connectivity index is 2.88. The van der Waals surface area contributed by atoms with Crippen LogP contribution in [-0.4, -0.2) is 45.8 Å². The van der Waals surface area contributed by atoms with Crippen molar-refractivity contribution in [2.75, 3.05) is 42.5 Å². The van der Waals surface area contributed by atoms with E-state index in [4.69, 9.17) is 5.73 Å². The topological polar surface area (TPSA) is 98.5 Å². The van der Waals surface area contributed by atoms with Crippen molar-refractivity contribution >= 4 is 49.6 Å². The first-order chi connectivity index (χ1) is 9.36. The molecular weight excluding hydrogens is 320 g/mol. The summed E-state index contributed by atoms with van der Waals surface area (Å²) < 4.78 is 27.5. The maximum absolute atomic E-state index is 11.6. The molecule has 6 nitrogen and oxygen atoms in total. The Morgan fingerprint density at radius 2 is 2.15 bits per heavy atom. The van der Waals surface area contributed by atoms with Crippen LogP contribution in [0.5, 0.6) is 0 Å². The van der Waals surface area contributed by atoms with Crippen molar-refractivity contribution in [1.82, 2.24) is 0 Å². The molecule has 0 aromatic carbocycles. The van der Waals surface area contributed by atoms with Crippen LogP contribution in [0, 0.1) is 0 Å². The number of thioether (sulfide) groups is 1. The zero-order valence-electron chi connectivity index (χ0n) is 11.6. The third-order valence-electron chi connectivity index (χ3n) is 2.61. The van der Waals surface area contributed by atoms with Crippen LogP contribution in [0.25, 0.3) is 0 Å². The summed E-state index contributed by atoms with van der Waals surface area (Å²) in [6.45, 7) is 1.89. The first-order valence-electron chi connectivity index (χ1n) is 5.85. The normalized spacial score (nSPS) is 11.3. The smallest absolute Gasteiger partial charge is 0.350 e. The van der Waals surface area contributed by atoms with Gasteiger partial charge in [-0.2, -0.15) is 0 Å². The second-order valence-electron chi connectivity index (χ2n) is 3.86. The molecule has 0 amide bonds. The Kier molecular flexibility index (Phi) is 6.15. The van der Waals surface area contributed by atoms with E-state index in [1.54, 1.807) is 6.92 Å². The molecule has 0 fully saturated rings. The summed E-state index contributed by atoms with van der Waals surface area (Å²) in [6, 6.07) is 0. The van der Waals surface area contributed by atoms with Crippen molar-refractivity contribution in [2.24, 2.45) is 0 Å². The lowest BCUT2D eigenvalue weighted by Crippen LogP contribution is -2.16. The molecule has 1 rings (SSSR count). The highest BCUT2D eigenvalue weighted by molar-refractivity contribution is 7.99. The molecule has 3 N–H and O–H groups in total. The molecule has 0 bridgehead atoms. The van der Waals surface area contributed by atoms with E-state index in [0.29, 0.717) is 15.6 Å². The van der Waals surface area contributed by atoms with Crippen LogP contribution in [0.2, 0.25) is 0 Å². The minimum absolute atomic E-state index is 0.0443. The molecule has 20 heavy (non-hydrogen) atoms. The quantitative estimate of drug-likeness (QED) is 0.576. The lowest BCUT2D eigenvalue weighted by Gasteiger charge is -2.06. The number of anilines is 2. The highest BCUT2D eigenvalue weighted by Gasteiger charge is 2.21. The van der Waals surface area contributed by atoms with Gasteiger partial charge in [0, 0.05) is 12.3 Å². The first kappa shape index (κ1) is 17.1. The van der Waals surface area contributed by atoms with Crippen molar-refractivity contribution < 1.29 is 17.9 Å². The fourth-order valence-corrected chi connectivity index (χ4v) is 4.14. The molecule has 0 saturated carbocycles.